The minimum absolute atomic E-state index is 0.140. The van der Waals surface area contributed by atoms with Crippen LogP contribution in [-0.4, -0.2) is 49.5 Å². The van der Waals surface area contributed by atoms with Crippen LogP contribution < -0.4 is 10.6 Å². The summed E-state index contributed by atoms with van der Waals surface area (Å²) < 4.78 is 0. The second-order valence-corrected chi connectivity index (χ2v) is 4.19. The molecule has 1 aromatic heterocycles. The third-order valence-corrected chi connectivity index (χ3v) is 2.30. The molecule has 0 radical (unpaired) electrons. The number of rotatable bonds is 7. The van der Waals surface area contributed by atoms with Crippen LogP contribution in [-0.2, 0) is 0 Å². The lowest BCUT2D eigenvalue weighted by molar-refractivity contribution is 0.0957. The van der Waals surface area contributed by atoms with Crippen LogP contribution in [0.3, 0.4) is 0 Å². The molecule has 1 rings (SSSR count). The first-order valence-electron chi connectivity index (χ1n) is 5.86. The predicted octanol–water partition coefficient (Wildman–Crippen LogP) is 0.971. The van der Waals surface area contributed by atoms with Crippen molar-refractivity contribution in [1.29, 1.82) is 0 Å². The van der Waals surface area contributed by atoms with Crippen molar-refractivity contribution in [3.05, 3.63) is 36.7 Å². The summed E-state index contributed by atoms with van der Waals surface area (Å²) in [6.45, 7) is 5.74. The number of pyridine rings is 1. The van der Waals surface area contributed by atoms with Crippen LogP contribution in [0.2, 0.25) is 0 Å². The molecule has 0 aliphatic carbocycles. The van der Waals surface area contributed by atoms with Crippen molar-refractivity contribution in [3.63, 3.8) is 0 Å². The van der Waals surface area contributed by atoms with Crippen molar-refractivity contribution in [3.8, 4) is 0 Å². The molecule has 5 nitrogen and oxygen atoms in total. The summed E-state index contributed by atoms with van der Waals surface area (Å²) in [7, 11) is 4.03. The lowest BCUT2D eigenvalue weighted by atomic mass is 10.2. The Kier molecular flexibility index (Phi) is 5.87. The Morgan fingerprint density at radius 1 is 1.50 bits per heavy atom. The highest BCUT2D eigenvalue weighted by Gasteiger charge is 2.05. The van der Waals surface area contributed by atoms with Crippen LogP contribution >= 0.6 is 0 Å². The number of aromatic nitrogens is 1. The highest BCUT2D eigenvalue weighted by Crippen LogP contribution is 2.07. The topological polar surface area (TPSA) is 57.3 Å². The maximum atomic E-state index is 11.7. The number of anilines is 1. The first-order chi connectivity index (χ1) is 8.63. The van der Waals surface area contributed by atoms with Crippen LogP contribution in [0.25, 0.3) is 0 Å². The number of hydrogen-bond acceptors (Lipinski definition) is 4. The fourth-order valence-electron chi connectivity index (χ4n) is 1.35. The van der Waals surface area contributed by atoms with E-state index < -0.39 is 0 Å². The molecule has 0 saturated carbocycles. The molecular formula is C13H20N4O. The molecule has 2 N–H and O–H groups in total. The standard InChI is InChI=1S/C13H20N4O/c1-4-5-16-13(18)11-8-12(10-14-9-11)15-6-7-17(2)3/h4,8-10,15H,1,5-7H2,2-3H3,(H,16,18). The van der Waals surface area contributed by atoms with E-state index in [0.29, 0.717) is 12.1 Å². The molecule has 1 heterocycles. The molecule has 98 valence electrons. The number of hydrogen-bond donors (Lipinski definition) is 2. The van der Waals surface area contributed by atoms with Crippen LogP contribution in [0.5, 0.6) is 0 Å². The molecule has 0 fully saturated rings. The number of carbonyl (C=O) groups excluding carboxylic acids is 1. The van der Waals surface area contributed by atoms with Crippen molar-refractivity contribution in [2.75, 3.05) is 39.0 Å². The third kappa shape index (κ3) is 4.97. The van der Waals surface area contributed by atoms with E-state index in [-0.39, 0.29) is 5.91 Å². The summed E-state index contributed by atoms with van der Waals surface area (Å²) >= 11 is 0. The van der Waals surface area contributed by atoms with Crippen LogP contribution in [0.1, 0.15) is 10.4 Å². The number of nitrogens with zero attached hydrogens (tertiary/aromatic N) is 2. The summed E-state index contributed by atoms with van der Waals surface area (Å²) in [4.78, 5) is 17.8. The SMILES string of the molecule is C=CCNC(=O)c1cncc(NCCN(C)C)c1. The van der Waals surface area contributed by atoms with Crippen LogP contribution in [0.4, 0.5) is 5.69 Å². The van der Waals surface area contributed by atoms with Crippen molar-refractivity contribution in [2.24, 2.45) is 0 Å². The quantitative estimate of drug-likeness (QED) is 0.706. The Bertz CT molecular complexity index is 404. The van der Waals surface area contributed by atoms with Gasteiger partial charge in [0.1, 0.15) is 0 Å². The van der Waals surface area contributed by atoms with Crippen molar-refractivity contribution >= 4 is 11.6 Å². The lowest BCUT2D eigenvalue weighted by Gasteiger charge is -2.11. The molecule has 0 unspecified atom stereocenters. The van der Waals surface area contributed by atoms with Gasteiger partial charge in [0.2, 0.25) is 0 Å². The van der Waals surface area contributed by atoms with Gasteiger partial charge in [0, 0.05) is 32.0 Å². The Hall–Kier alpha value is -1.88. The van der Waals surface area contributed by atoms with Gasteiger partial charge in [-0.2, -0.15) is 0 Å². The molecule has 0 bridgehead atoms. The van der Waals surface area contributed by atoms with Crippen LogP contribution in [0.15, 0.2) is 31.1 Å². The van der Waals surface area contributed by atoms with Gasteiger partial charge in [0.25, 0.3) is 5.91 Å². The summed E-state index contributed by atoms with van der Waals surface area (Å²) in [6, 6.07) is 1.79. The van der Waals surface area contributed by atoms with E-state index in [1.54, 1.807) is 24.5 Å². The Labute approximate surface area is 108 Å². The Morgan fingerprint density at radius 3 is 2.94 bits per heavy atom. The molecule has 1 amide bonds. The average Bonchev–Trinajstić information content (AvgIpc) is 2.36. The predicted molar refractivity (Wildman–Crippen MR) is 73.8 cm³/mol. The molecule has 0 atom stereocenters. The highest BCUT2D eigenvalue weighted by atomic mass is 16.1. The zero-order valence-corrected chi connectivity index (χ0v) is 10.9. The fourth-order valence-corrected chi connectivity index (χ4v) is 1.35. The zero-order valence-electron chi connectivity index (χ0n) is 10.9. The van der Waals surface area contributed by atoms with Gasteiger partial charge in [-0.05, 0) is 20.2 Å². The second kappa shape index (κ2) is 7.45. The normalized spacial score (nSPS) is 10.2. The highest BCUT2D eigenvalue weighted by molar-refractivity contribution is 5.94. The second-order valence-electron chi connectivity index (χ2n) is 4.19. The van der Waals surface area contributed by atoms with E-state index in [1.807, 2.05) is 14.1 Å². The van der Waals surface area contributed by atoms with Crippen LogP contribution in [0, 0.1) is 0 Å². The summed E-state index contributed by atoms with van der Waals surface area (Å²) in [5, 5.41) is 5.94. The number of nitrogens with one attached hydrogen (secondary N) is 2. The summed E-state index contributed by atoms with van der Waals surface area (Å²) in [6.07, 6.45) is 4.90. The van der Waals surface area contributed by atoms with Gasteiger partial charge in [0.15, 0.2) is 0 Å². The largest absolute Gasteiger partial charge is 0.382 e. The van der Waals surface area contributed by atoms with Gasteiger partial charge in [-0.1, -0.05) is 6.08 Å². The first-order valence-corrected chi connectivity index (χ1v) is 5.86. The molecule has 0 spiro atoms. The number of carbonyl (C=O) groups is 1. The molecule has 0 saturated heterocycles. The maximum Gasteiger partial charge on any atom is 0.253 e. The van der Waals surface area contributed by atoms with E-state index in [9.17, 15) is 4.79 Å². The minimum atomic E-state index is -0.140. The van der Waals surface area contributed by atoms with E-state index in [0.717, 1.165) is 18.8 Å². The molecule has 1 aromatic rings. The lowest BCUT2D eigenvalue weighted by Crippen LogP contribution is -2.24. The van der Waals surface area contributed by atoms with E-state index in [2.05, 4.69) is 27.1 Å². The summed E-state index contributed by atoms with van der Waals surface area (Å²) in [5.74, 6) is -0.140. The first kappa shape index (κ1) is 14.2. The molecule has 0 aliphatic rings. The molecule has 0 aromatic carbocycles. The Balaban J connectivity index is 2.55. The monoisotopic (exact) mass is 248 g/mol. The fraction of sp³-hybridized carbons (Fsp3) is 0.385. The molecule has 18 heavy (non-hydrogen) atoms. The van der Waals surface area contributed by atoms with Crippen molar-refractivity contribution < 1.29 is 4.79 Å². The number of likely N-dealkylation sites (N-methyl/N-ethyl adjacent to an activating group) is 1. The molecule has 5 heteroatoms. The van der Waals surface area contributed by atoms with E-state index in [4.69, 9.17) is 0 Å². The smallest absolute Gasteiger partial charge is 0.253 e. The third-order valence-electron chi connectivity index (χ3n) is 2.30. The van der Waals surface area contributed by atoms with E-state index >= 15 is 0 Å². The van der Waals surface area contributed by atoms with Gasteiger partial charge in [-0.25, -0.2) is 0 Å². The van der Waals surface area contributed by atoms with Crippen molar-refractivity contribution in [1.82, 2.24) is 15.2 Å². The average molecular weight is 248 g/mol. The van der Waals surface area contributed by atoms with Gasteiger partial charge >= 0.3 is 0 Å². The van der Waals surface area contributed by atoms with Gasteiger partial charge < -0.3 is 15.5 Å². The van der Waals surface area contributed by atoms with E-state index in [1.165, 1.54) is 0 Å². The zero-order chi connectivity index (χ0) is 13.4. The molecule has 0 aliphatic heterocycles. The van der Waals surface area contributed by atoms with Gasteiger partial charge in [-0.3, -0.25) is 9.78 Å². The van der Waals surface area contributed by atoms with Gasteiger partial charge in [0.05, 0.1) is 11.3 Å². The summed E-state index contributed by atoms with van der Waals surface area (Å²) in [5.41, 5.74) is 1.40. The van der Waals surface area contributed by atoms with Crippen molar-refractivity contribution in [2.45, 2.75) is 0 Å². The Morgan fingerprint density at radius 2 is 2.28 bits per heavy atom. The number of amides is 1. The maximum absolute atomic E-state index is 11.7. The molecular weight excluding hydrogens is 228 g/mol. The van der Waals surface area contributed by atoms with Gasteiger partial charge in [-0.15, -0.1) is 6.58 Å². The minimum Gasteiger partial charge on any atom is -0.382 e.